The zero-order valence-electron chi connectivity index (χ0n) is 25.8. The summed E-state index contributed by atoms with van der Waals surface area (Å²) in [5.74, 6) is 0. The van der Waals surface area contributed by atoms with Crippen molar-refractivity contribution in [1.82, 2.24) is 9.44 Å². The first-order chi connectivity index (χ1) is 19.8. The highest BCUT2D eigenvalue weighted by Gasteiger charge is 2.56. The van der Waals surface area contributed by atoms with Gasteiger partial charge in [-0.15, -0.1) is 0 Å². The lowest BCUT2D eigenvalue weighted by atomic mass is 10.2. The molecule has 0 spiro atoms. The summed E-state index contributed by atoms with van der Waals surface area (Å²) in [4.78, 5) is 22.3. The van der Waals surface area contributed by atoms with Crippen molar-refractivity contribution in [2.24, 2.45) is 5.14 Å². The van der Waals surface area contributed by atoms with Crippen LogP contribution in [0.2, 0.25) is 0 Å². The number of nitrogens with two attached hydrogens (primary N) is 1. The molecule has 2 amide bonds. The second kappa shape index (κ2) is 14.6. The van der Waals surface area contributed by atoms with Gasteiger partial charge >= 0.3 is 12.2 Å². The normalized spacial score (nSPS) is 19.7. The number of rotatable bonds is 5. The number of sulfonamides is 3. The third kappa shape index (κ3) is 13.5. The van der Waals surface area contributed by atoms with Crippen LogP contribution >= 0.6 is 0 Å². The van der Waals surface area contributed by atoms with Crippen molar-refractivity contribution in [2.75, 3.05) is 13.2 Å². The van der Waals surface area contributed by atoms with Gasteiger partial charge in [0, 0.05) is 13.2 Å². The van der Waals surface area contributed by atoms with Gasteiger partial charge in [-0.2, -0.15) is 10.5 Å². The molecule has 19 heteroatoms. The molecule has 0 unspecified atom stereocenters. The lowest BCUT2D eigenvalue weighted by Crippen LogP contribution is -2.41. The van der Waals surface area contributed by atoms with Gasteiger partial charge in [-0.25, -0.2) is 49.4 Å². The summed E-state index contributed by atoms with van der Waals surface area (Å²) in [7, 11) is -11.0. The molecule has 4 fully saturated rings. The van der Waals surface area contributed by atoms with E-state index in [0.29, 0.717) is 25.7 Å². The van der Waals surface area contributed by atoms with Crippen LogP contribution in [0.1, 0.15) is 92.9 Å². The number of nitrogens with one attached hydrogen (secondary N) is 2. The van der Waals surface area contributed by atoms with Gasteiger partial charge < -0.3 is 14.2 Å². The smallest absolute Gasteiger partial charge is 0.421 e. The first kappa shape index (κ1) is 39.3. The van der Waals surface area contributed by atoms with Crippen molar-refractivity contribution >= 4 is 42.3 Å². The highest BCUT2D eigenvalue weighted by molar-refractivity contribution is 7.92. The molecule has 4 N–H and O–H groups in total. The number of hydrogen-bond acceptors (Lipinski definition) is 13. The summed E-state index contributed by atoms with van der Waals surface area (Å²) in [5, 5.41) is 21.3. The minimum atomic E-state index is -3.96. The minimum absolute atomic E-state index is 0.252. The fourth-order valence-electron chi connectivity index (χ4n) is 3.02. The van der Waals surface area contributed by atoms with Gasteiger partial charge in [0.1, 0.15) is 11.2 Å². The molecule has 3 aliphatic carbocycles. The fraction of sp³-hybridized carbons (Fsp3) is 0.840. The summed E-state index contributed by atoms with van der Waals surface area (Å²) < 4.78 is 82.3. The maximum atomic E-state index is 11.6. The molecule has 0 bridgehead atoms. The van der Waals surface area contributed by atoms with Gasteiger partial charge in [0.25, 0.3) is 10.0 Å². The molecule has 4 rings (SSSR count). The van der Waals surface area contributed by atoms with Crippen molar-refractivity contribution in [3.63, 3.8) is 0 Å². The predicted octanol–water partition coefficient (Wildman–Crippen LogP) is 2.03. The molecular formula is C25H43N5O11S3. The van der Waals surface area contributed by atoms with Crippen LogP contribution < -0.4 is 14.6 Å². The first-order valence-corrected chi connectivity index (χ1v) is 18.3. The van der Waals surface area contributed by atoms with E-state index in [0.717, 1.165) is 13.2 Å². The second-order valence-electron chi connectivity index (χ2n) is 12.5. The minimum Gasteiger partial charge on any atom is -0.443 e. The molecule has 16 nitrogen and oxygen atoms in total. The van der Waals surface area contributed by atoms with E-state index in [9.17, 15) is 34.8 Å². The molecule has 0 aromatic rings. The van der Waals surface area contributed by atoms with Gasteiger partial charge in [0.05, 0.1) is 17.4 Å². The topological polar surface area (TPSA) is 262 Å². The maximum Gasteiger partial charge on any atom is 0.421 e. The number of nitrogens with zero attached hydrogens (tertiary/aromatic N) is 2. The predicted molar refractivity (Wildman–Crippen MR) is 158 cm³/mol. The zero-order chi connectivity index (χ0) is 34.3. The molecule has 4 aliphatic rings. The Balaban J connectivity index is 0.000000313. The number of carbonyl (C=O) groups is 2. The molecule has 0 aromatic heterocycles. The van der Waals surface area contributed by atoms with Crippen molar-refractivity contribution in [1.29, 1.82) is 10.5 Å². The molecule has 0 aromatic carbocycles. The Kier molecular flexibility index (Phi) is 13.0. The van der Waals surface area contributed by atoms with E-state index < -0.39 is 68.2 Å². The Morgan fingerprint density at radius 3 is 1.39 bits per heavy atom. The van der Waals surface area contributed by atoms with E-state index in [1.807, 2.05) is 4.72 Å². The third-order valence-electron chi connectivity index (χ3n) is 5.91. The number of carbonyl (C=O) groups excluding carboxylic acids is 2. The monoisotopic (exact) mass is 685 g/mol. The highest BCUT2D eigenvalue weighted by Crippen LogP contribution is 2.42. The summed E-state index contributed by atoms with van der Waals surface area (Å²) in [5.41, 5.74) is -1.45. The summed E-state index contributed by atoms with van der Waals surface area (Å²) in [6.07, 6.45) is 3.14. The molecule has 0 radical (unpaired) electrons. The summed E-state index contributed by atoms with van der Waals surface area (Å²) in [6, 6.07) is 3.38. The molecule has 1 aliphatic heterocycles. The van der Waals surface area contributed by atoms with Gasteiger partial charge in [0.15, 0.2) is 9.49 Å². The van der Waals surface area contributed by atoms with Crippen LogP contribution in [0, 0.1) is 22.7 Å². The lowest BCUT2D eigenvalue weighted by Gasteiger charge is -2.20. The van der Waals surface area contributed by atoms with Gasteiger partial charge in [0.2, 0.25) is 20.0 Å². The molecule has 3 saturated carbocycles. The van der Waals surface area contributed by atoms with Crippen molar-refractivity contribution in [2.45, 2.75) is 119 Å². The largest absolute Gasteiger partial charge is 0.443 e. The van der Waals surface area contributed by atoms with Gasteiger partial charge in [-0.3, -0.25) is 0 Å². The van der Waals surface area contributed by atoms with E-state index in [1.54, 1.807) is 58.4 Å². The Morgan fingerprint density at radius 2 is 1.16 bits per heavy atom. The number of hydrogen-bond donors (Lipinski definition) is 3. The first-order valence-electron chi connectivity index (χ1n) is 13.8. The lowest BCUT2D eigenvalue weighted by molar-refractivity contribution is 0.0557. The Labute approximate surface area is 260 Å². The van der Waals surface area contributed by atoms with Crippen LogP contribution in [0.5, 0.6) is 0 Å². The molecule has 44 heavy (non-hydrogen) atoms. The third-order valence-corrected chi connectivity index (χ3v) is 11.3. The summed E-state index contributed by atoms with van der Waals surface area (Å²) >= 11 is 0. The van der Waals surface area contributed by atoms with Gasteiger partial charge in [-0.05, 0) is 92.9 Å². The van der Waals surface area contributed by atoms with Crippen molar-refractivity contribution < 1.29 is 49.1 Å². The second-order valence-corrected chi connectivity index (χ2v) is 18.4. The van der Waals surface area contributed by atoms with E-state index >= 15 is 0 Å². The Hall–Kier alpha value is -2.71. The Morgan fingerprint density at radius 1 is 0.773 bits per heavy atom. The van der Waals surface area contributed by atoms with Crippen molar-refractivity contribution in [3.05, 3.63) is 0 Å². The fourth-order valence-corrected chi connectivity index (χ4v) is 6.23. The molecule has 0 atom stereocenters. The average molecular weight is 686 g/mol. The van der Waals surface area contributed by atoms with E-state index in [-0.39, 0.29) is 12.8 Å². The molecule has 1 heterocycles. The Bertz CT molecular complexity index is 1430. The summed E-state index contributed by atoms with van der Waals surface area (Å²) in [6.45, 7) is 11.9. The van der Waals surface area contributed by atoms with Crippen LogP contribution in [0.15, 0.2) is 0 Å². The van der Waals surface area contributed by atoms with E-state index in [2.05, 4.69) is 0 Å². The average Bonchev–Trinajstić information content (AvgIpc) is 3.72. The number of ether oxygens (including phenoxy) is 3. The molecular weight excluding hydrogens is 643 g/mol. The standard InChI is InChI=1S/C9H14N2O4S.C8H15NO4S.C4H6N2O2S.C4H8O/c1-8(2,3)15-7(12)11-16(13,14)9(6-10)4-5-9;1-8(2,3)13-7(10)9-14(11,12)6-4-5-6;5-3-4(1-2-4)9(6,7)8;1-2-4-5-3-1/h4-5H2,1-3H3,(H,11,12);6H,4-5H2,1-3H3,(H,9,10);1-2H2,(H2,6,7,8);1-4H2. The van der Waals surface area contributed by atoms with Gasteiger partial charge in [-0.1, -0.05) is 0 Å². The molecule has 252 valence electrons. The quantitative estimate of drug-likeness (QED) is 0.374. The SMILES string of the molecule is C1CCOC1.CC(C)(C)OC(=O)NS(=O)(=O)C1(C#N)CC1.CC(C)(C)OC(=O)NS(=O)(=O)C1CC1.N#CC1(S(N)(=O)=O)CC1. The van der Waals surface area contributed by atoms with Crippen molar-refractivity contribution in [3.8, 4) is 12.1 Å². The highest BCUT2D eigenvalue weighted by atomic mass is 32.2. The maximum absolute atomic E-state index is 11.6. The van der Waals surface area contributed by atoms with E-state index in [4.69, 9.17) is 29.9 Å². The van der Waals surface area contributed by atoms with Crippen LogP contribution in [0.3, 0.4) is 0 Å². The van der Waals surface area contributed by atoms with Crippen LogP contribution in [0.25, 0.3) is 0 Å². The molecule has 1 saturated heterocycles. The van der Waals surface area contributed by atoms with Crippen LogP contribution in [-0.4, -0.2) is 76.6 Å². The number of amides is 2. The number of primary sulfonamides is 1. The zero-order valence-corrected chi connectivity index (χ0v) is 28.3. The van der Waals surface area contributed by atoms with Crippen LogP contribution in [0.4, 0.5) is 9.59 Å². The van der Waals surface area contributed by atoms with E-state index in [1.165, 1.54) is 12.8 Å². The van der Waals surface area contributed by atoms with Crippen LogP contribution in [-0.2, 0) is 44.3 Å². The number of nitriles is 2.